The van der Waals surface area contributed by atoms with Crippen LogP contribution >= 0.6 is 15.9 Å². The van der Waals surface area contributed by atoms with Gasteiger partial charge in [0.15, 0.2) is 0 Å². The topological polar surface area (TPSA) is 67.2 Å². The lowest BCUT2D eigenvalue weighted by Gasteiger charge is -2.24. The summed E-state index contributed by atoms with van der Waals surface area (Å²) in [6.07, 6.45) is 2.87. The van der Waals surface area contributed by atoms with Gasteiger partial charge in [-0.3, -0.25) is 9.48 Å². The van der Waals surface area contributed by atoms with E-state index in [-0.39, 0.29) is 0 Å². The summed E-state index contributed by atoms with van der Waals surface area (Å²) >= 11 is 3.54. The number of carboxylic acids is 1. The SMILES string of the molecule is CCc1nn(C)c(CC2(C(=O)O)CCCN2)c1Br. The van der Waals surface area contributed by atoms with Gasteiger partial charge in [0.05, 0.1) is 15.9 Å². The van der Waals surface area contributed by atoms with Crippen molar-refractivity contribution in [2.75, 3.05) is 6.54 Å². The Balaban J connectivity index is 2.33. The van der Waals surface area contributed by atoms with E-state index in [0.29, 0.717) is 12.8 Å². The van der Waals surface area contributed by atoms with Crippen LogP contribution in [0.4, 0.5) is 0 Å². The number of aromatic nitrogens is 2. The second kappa shape index (κ2) is 5.01. The van der Waals surface area contributed by atoms with Crippen molar-refractivity contribution in [3.8, 4) is 0 Å². The highest BCUT2D eigenvalue weighted by Gasteiger charge is 2.42. The van der Waals surface area contributed by atoms with Crippen LogP contribution < -0.4 is 5.32 Å². The molecular formula is C12H18BrN3O2. The minimum atomic E-state index is -0.832. The molecule has 0 bridgehead atoms. The van der Waals surface area contributed by atoms with Crippen molar-refractivity contribution in [3.05, 3.63) is 15.9 Å². The molecule has 18 heavy (non-hydrogen) atoms. The predicted molar refractivity (Wildman–Crippen MR) is 71.6 cm³/mol. The van der Waals surface area contributed by atoms with E-state index in [1.165, 1.54) is 0 Å². The Morgan fingerprint density at radius 2 is 2.39 bits per heavy atom. The van der Waals surface area contributed by atoms with Gasteiger partial charge in [0.25, 0.3) is 0 Å². The largest absolute Gasteiger partial charge is 0.480 e. The van der Waals surface area contributed by atoms with Crippen molar-refractivity contribution in [1.29, 1.82) is 0 Å². The third-order valence-electron chi connectivity index (χ3n) is 3.63. The second-order valence-electron chi connectivity index (χ2n) is 4.78. The van der Waals surface area contributed by atoms with Crippen molar-refractivity contribution in [2.24, 2.45) is 7.05 Å². The molecule has 0 saturated carbocycles. The van der Waals surface area contributed by atoms with Gasteiger partial charge in [-0.2, -0.15) is 5.10 Å². The maximum absolute atomic E-state index is 11.5. The van der Waals surface area contributed by atoms with Crippen LogP contribution in [0.5, 0.6) is 0 Å². The standard InChI is InChI=1S/C12H18BrN3O2/c1-3-8-10(13)9(16(2)15-8)7-12(11(17)18)5-4-6-14-12/h14H,3-7H2,1-2H3,(H,17,18). The Morgan fingerprint density at radius 1 is 1.67 bits per heavy atom. The molecule has 1 aromatic heterocycles. The fourth-order valence-corrected chi connectivity index (χ4v) is 3.27. The maximum Gasteiger partial charge on any atom is 0.324 e. The first-order valence-corrected chi connectivity index (χ1v) is 6.98. The third-order valence-corrected chi connectivity index (χ3v) is 4.54. The number of hydrogen-bond acceptors (Lipinski definition) is 3. The smallest absolute Gasteiger partial charge is 0.324 e. The molecule has 2 rings (SSSR count). The highest BCUT2D eigenvalue weighted by Crippen LogP contribution is 2.29. The number of hydrogen-bond donors (Lipinski definition) is 2. The molecule has 5 nitrogen and oxygen atoms in total. The summed E-state index contributed by atoms with van der Waals surface area (Å²) in [4.78, 5) is 11.5. The molecule has 0 aromatic carbocycles. The number of aliphatic carboxylic acids is 1. The summed E-state index contributed by atoms with van der Waals surface area (Å²) in [6.45, 7) is 2.81. The van der Waals surface area contributed by atoms with E-state index in [4.69, 9.17) is 0 Å². The molecule has 1 aliphatic rings. The van der Waals surface area contributed by atoms with Crippen molar-refractivity contribution in [3.63, 3.8) is 0 Å². The molecule has 0 radical (unpaired) electrons. The van der Waals surface area contributed by atoms with Gasteiger partial charge in [0, 0.05) is 13.5 Å². The highest BCUT2D eigenvalue weighted by atomic mass is 79.9. The highest BCUT2D eigenvalue weighted by molar-refractivity contribution is 9.10. The van der Waals surface area contributed by atoms with Gasteiger partial charge in [-0.1, -0.05) is 6.92 Å². The quantitative estimate of drug-likeness (QED) is 0.883. The Labute approximate surface area is 115 Å². The number of nitrogens with one attached hydrogen (secondary N) is 1. The molecule has 1 aromatic rings. The molecule has 1 saturated heterocycles. The molecule has 0 aliphatic carbocycles. The van der Waals surface area contributed by atoms with Gasteiger partial charge in [-0.15, -0.1) is 0 Å². The molecule has 6 heteroatoms. The summed E-state index contributed by atoms with van der Waals surface area (Å²) in [7, 11) is 1.86. The van der Waals surface area contributed by atoms with Crippen molar-refractivity contribution >= 4 is 21.9 Å². The molecule has 0 spiro atoms. The van der Waals surface area contributed by atoms with Gasteiger partial charge >= 0.3 is 5.97 Å². The molecule has 1 fully saturated rings. The van der Waals surface area contributed by atoms with Crippen molar-refractivity contribution < 1.29 is 9.90 Å². The van der Waals surface area contributed by atoms with E-state index in [9.17, 15) is 9.90 Å². The number of rotatable bonds is 4. The zero-order valence-electron chi connectivity index (χ0n) is 10.7. The lowest BCUT2D eigenvalue weighted by molar-refractivity contribution is -0.144. The summed E-state index contributed by atoms with van der Waals surface area (Å²) in [5, 5.41) is 17.0. The van der Waals surface area contributed by atoms with Crippen molar-refractivity contribution in [1.82, 2.24) is 15.1 Å². The zero-order valence-corrected chi connectivity index (χ0v) is 12.2. The Morgan fingerprint density at radius 3 is 2.83 bits per heavy atom. The first kappa shape index (κ1) is 13.5. The fourth-order valence-electron chi connectivity index (χ4n) is 2.51. The van der Waals surface area contributed by atoms with Crippen molar-refractivity contribution in [2.45, 2.75) is 38.1 Å². The van der Waals surface area contributed by atoms with E-state index in [1.807, 2.05) is 14.0 Å². The van der Waals surface area contributed by atoms with Crippen LogP contribution in [0, 0.1) is 0 Å². The first-order chi connectivity index (χ1) is 8.50. The Bertz CT molecular complexity index is 464. The summed E-state index contributed by atoms with van der Waals surface area (Å²) in [5.74, 6) is -0.772. The molecule has 1 atom stereocenters. The Hall–Kier alpha value is -0.880. The number of nitrogens with zero attached hydrogens (tertiary/aromatic N) is 2. The van der Waals surface area contributed by atoms with Crippen LogP contribution in [-0.2, 0) is 24.7 Å². The van der Waals surface area contributed by atoms with Gasteiger partial charge in [0.2, 0.25) is 0 Å². The molecule has 2 N–H and O–H groups in total. The van der Waals surface area contributed by atoms with E-state index in [0.717, 1.165) is 35.2 Å². The van der Waals surface area contributed by atoms with Crippen LogP contribution in [0.2, 0.25) is 0 Å². The second-order valence-corrected chi connectivity index (χ2v) is 5.57. The van der Waals surface area contributed by atoms with E-state index < -0.39 is 11.5 Å². The maximum atomic E-state index is 11.5. The minimum Gasteiger partial charge on any atom is -0.480 e. The Kier molecular flexibility index (Phi) is 3.77. The molecule has 1 aliphatic heterocycles. The van der Waals surface area contributed by atoms with E-state index in [2.05, 4.69) is 26.3 Å². The third kappa shape index (κ3) is 2.19. The number of carboxylic acid groups (broad SMARTS) is 1. The average Bonchev–Trinajstić information content (AvgIpc) is 2.90. The van der Waals surface area contributed by atoms with Crippen LogP contribution in [0.3, 0.4) is 0 Å². The van der Waals surface area contributed by atoms with Gasteiger partial charge < -0.3 is 10.4 Å². The summed E-state index contributed by atoms with van der Waals surface area (Å²) in [6, 6.07) is 0. The van der Waals surface area contributed by atoms with Gasteiger partial charge in [-0.05, 0) is 41.7 Å². The van der Waals surface area contributed by atoms with Crippen LogP contribution in [0.15, 0.2) is 4.47 Å². The number of carbonyl (C=O) groups is 1. The van der Waals surface area contributed by atoms with Crippen LogP contribution in [-0.4, -0.2) is 32.9 Å². The summed E-state index contributed by atoms with van der Waals surface area (Å²) in [5.41, 5.74) is 1.09. The number of halogens is 1. The number of aryl methyl sites for hydroxylation is 2. The first-order valence-electron chi connectivity index (χ1n) is 6.19. The average molecular weight is 316 g/mol. The lowest BCUT2D eigenvalue weighted by Crippen LogP contribution is -2.49. The fraction of sp³-hybridized carbons (Fsp3) is 0.667. The van der Waals surface area contributed by atoms with E-state index >= 15 is 0 Å². The monoisotopic (exact) mass is 315 g/mol. The van der Waals surface area contributed by atoms with Crippen LogP contribution in [0.1, 0.15) is 31.2 Å². The molecule has 100 valence electrons. The minimum absolute atomic E-state index is 0.465. The van der Waals surface area contributed by atoms with Gasteiger partial charge in [0.1, 0.15) is 5.54 Å². The molecule has 2 heterocycles. The predicted octanol–water partition coefficient (Wildman–Crippen LogP) is 1.49. The normalized spacial score (nSPS) is 23.5. The molecule has 0 amide bonds. The summed E-state index contributed by atoms with van der Waals surface area (Å²) < 4.78 is 2.73. The molecular weight excluding hydrogens is 298 g/mol. The zero-order chi connectivity index (χ0) is 13.3. The van der Waals surface area contributed by atoms with E-state index in [1.54, 1.807) is 4.68 Å². The lowest BCUT2D eigenvalue weighted by atomic mass is 9.91. The van der Waals surface area contributed by atoms with Crippen LogP contribution in [0.25, 0.3) is 0 Å². The molecule has 1 unspecified atom stereocenters. The van der Waals surface area contributed by atoms with Gasteiger partial charge in [-0.25, -0.2) is 0 Å².